The van der Waals surface area contributed by atoms with Crippen LogP contribution < -0.4 is 10.6 Å². The van der Waals surface area contributed by atoms with Gasteiger partial charge in [0.15, 0.2) is 0 Å². The Kier molecular flexibility index (Phi) is 6.06. The Morgan fingerprint density at radius 3 is 2.30 bits per heavy atom. The third-order valence-corrected chi connectivity index (χ3v) is 5.31. The molecule has 4 rings (SSSR count). The number of aromatic amines is 1. The van der Waals surface area contributed by atoms with Crippen LogP contribution in [0.15, 0.2) is 42.7 Å². The van der Waals surface area contributed by atoms with Crippen LogP contribution in [0.3, 0.4) is 0 Å². The number of nitrogens with one attached hydrogen (secondary N) is 3. The molecule has 1 aromatic carbocycles. The summed E-state index contributed by atoms with van der Waals surface area (Å²) in [7, 11) is 0. The lowest BCUT2D eigenvalue weighted by atomic mass is 9.79. The molecule has 7 nitrogen and oxygen atoms in total. The van der Waals surface area contributed by atoms with Gasteiger partial charge in [-0.25, -0.2) is 0 Å². The minimum atomic E-state index is 0. The molecule has 1 aliphatic heterocycles. The number of phenols is 1. The molecule has 0 unspecified atom stereocenters. The maximum Gasteiger partial charge on any atom is 0.148 e. The summed E-state index contributed by atoms with van der Waals surface area (Å²) in [6.07, 6.45) is 5.53. The number of anilines is 1. The fourth-order valence-corrected chi connectivity index (χ4v) is 4.52. The molecule has 30 heavy (non-hydrogen) atoms. The molecule has 1 aliphatic rings. The van der Waals surface area contributed by atoms with Gasteiger partial charge in [0.05, 0.1) is 11.9 Å². The van der Waals surface area contributed by atoms with E-state index in [-0.39, 0.29) is 29.2 Å². The van der Waals surface area contributed by atoms with Crippen molar-refractivity contribution >= 4 is 18.2 Å². The Balaban J connectivity index is 0.00000256. The zero-order valence-corrected chi connectivity index (χ0v) is 18.5. The first kappa shape index (κ1) is 22.1. The topological polar surface area (TPSA) is 98.8 Å². The first-order valence-corrected chi connectivity index (χ1v) is 9.93. The Bertz CT molecular complexity index is 969. The van der Waals surface area contributed by atoms with Gasteiger partial charge in [-0.3, -0.25) is 5.10 Å². The molecule has 0 saturated carbocycles. The Morgan fingerprint density at radius 2 is 1.73 bits per heavy atom. The van der Waals surface area contributed by atoms with Gasteiger partial charge < -0.3 is 15.7 Å². The predicted octanol–water partition coefficient (Wildman–Crippen LogP) is 4.38. The summed E-state index contributed by atoms with van der Waals surface area (Å²) in [6.45, 7) is 8.92. The molecule has 8 heteroatoms. The van der Waals surface area contributed by atoms with Crippen LogP contribution in [0, 0.1) is 0 Å². The van der Waals surface area contributed by atoms with Crippen LogP contribution in [-0.2, 0) is 0 Å². The van der Waals surface area contributed by atoms with Crippen molar-refractivity contribution in [3.8, 4) is 28.1 Å². The molecule has 0 amide bonds. The van der Waals surface area contributed by atoms with E-state index < -0.39 is 0 Å². The standard InChI is InChI=1S/C22H28N6O.ClH/c1-21(2)10-16(11-22(3,4)28-21)25-20-8-7-18(26-27-20)17-6-5-14(9-19(17)29)15-12-23-24-13-15;/h5-9,12-13,16,28-29H,10-11H2,1-4H3,(H,23,24)(H,25,27);1H. The van der Waals surface area contributed by atoms with Crippen molar-refractivity contribution in [2.24, 2.45) is 0 Å². The summed E-state index contributed by atoms with van der Waals surface area (Å²) in [5, 5.41) is 33.1. The van der Waals surface area contributed by atoms with Gasteiger partial charge in [-0.1, -0.05) is 6.07 Å². The summed E-state index contributed by atoms with van der Waals surface area (Å²) in [6, 6.07) is 9.64. The van der Waals surface area contributed by atoms with Gasteiger partial charge in [-0.05, 0) is 70.4 Å². The molecule has 0 bridgehead atoms. The van der Waals surface area contributed by atoms with E-state index in [1.54, 1.807) is 18.5 Å². The Morgan fingerprint density at radius 1 is 1.00 bits per heavy atom. The van der Waals surface area contributed by atoms with Crippen molar-refractivity contribution in [3.05, 3.63) is 42.7 Å². The highest BCUT2D eigenvalue weighted by atomic mass is 35.5. The number of rotatable bonds is 4. The fraction of sp³-hybridized carbons (Fsp3) is 0.409. The van der Waals surface area contributed by atoms with E-state index in [1.165, 1.54) is 0 Å². The molecule has 160 valence electrons. The second-order valence-corrected chi connectivity index (χ2v) is 9.16. The summed E-state index contributed by atoms with van der Waals surface area (Å²) < 4.78 is 0. The summed E-state index contributed by atoms with van der Waals surface area (Å²) >= 11 is 0. The van der Waals surface area contributed by atoms with Gasteiger partial charge in [-0.15, -0.1) is 22.6 Å². The molecule has 3 aromatic rings. The molecule has 1 saturated heterocycles. The number of H-pyrrole nitrogens is 1. The highest BCUT2D eigenvalue weighted by Gasteiger charge is 2.37. The minimum absolute atomic E-state index is 0. The molecular formula is C22H29ClN6O. The number of hydrogen-bond acceptors (Lipinski definition) is 6. The van der Waals surface area contributed by atoms with Crippen molar-refractivity contribution in [1.29, 1.82) is 0 Å². The van der Waals surface area contributed by atoms with Crippen LogP contribution >= 0.6 is 12.4 Å². The third kappa shape index (κ3) is 4.91. The minimum Gasteiger partial charge on any atom is -0.507 e. The third-order valence-electron chi connectivity index (χ3n) is 5.31. The van der Waals surface area contributed by atoms with Gasteiger partial charge in [0.25, 0.3) is 0 Å². The lowest BCUT2D eigenvalue weighted by Crippen LogP contribution is -2.60. The maximum atomic E-state index is 10.5. The Hall–Kier alpha value is -2.64. The van der Waals surface area contributed by atoms with Crippen LogP contribution in [0.25, 0.3) is 22.4 Å². The van der Waals surface area contributed by atoms with Crippen molar-refractivity contribution < 1.29 is 5.11 Å². The fourth-order valence-electron chi connectivity index (χ4n) is 4.52. The van der Waals surface area contributed by atoms with Crippen molar-refractivity contribution in [1.82, 2.24) is 25.7 Å². The normalized spacial score (nSPS) is 17.9. The molecule has 0 atom stereocenters. The largest absolute Gasteiger partial charge is 0.507 e. The smallest absolute Gasteiger partial charge is 0.148 e. The van der Waals surface area contributed by atoms with E-state index >= 15 is 0 Å². The van der Waals surface area contributed by atoms with Crippen molar-refractivity contribution in [2.75, 3.05) is 5.32 Å². The van der Waals surface area contributed by atoms with Crippen LogP contribution in [-0.4, -0.2) is 42.6 Å². The number of piperidine rings is 1. The SMILES string of the molecule is CC1(C)CC(Nc2ccc(-c3ccc(-c4cn[nH]c4)cc3O)nn2)CC(C)(C)N1.Cl. The van der Waals surface area contributed by atoms with Gasteiger partial charge in [0.1, 0.15) is 11.6 Å². The monoisotopic (exact) mass is 428 g/mol. The van der Waals surface area contributed by atoms with Gasteiger partial charge in [0, 0.05) is 34.4 Å². The average molecular weight is 429 g/mol. The molecule has 1 fully saturated rings. The quantitative estimate of drug-likeness (QED) is 0.492. The van der Waals surface area contributed by atoms with E-state index in [2.05, 4.69) is 58.7 Å². The molecule has 0 radical (unpaired) electrons. The first-order valence-electron chi connectivity index (χ1n) is 9.93. The molecular weight excluding hydrogens is 400 g/mol. The predicted molar refractivity (Wildman–Crippen MR) is 122 cm³/mol. The average Bonchev–Trinajstić information content (AvgIpc) is 3.14. The van der Waals surface area contributed by atoms with Crippen LogP contribution in [0.2, 0.25) is 0 Å². The number of hydrogen-bond donors (Lipinski definition) is 4. The van der Waals surface area contributed by atoms with E-state index in [1.807, 2.05) is 24.3 Å². The van der Waals surface area contributed by atoms with Crippen LogP contribution in [0.4, 0.5) is 5.82 Å². The molecule has 0 spiro atoms. The number of nitrogens with zero attached hydrogens (tertiary/aromatic N) is 3. The second kappa shape index (κ2) is 8.24. The summed E-state index contributed by atoms with van der Waals surface area (Å²) in [5.74, 6) is 0.919. The van der Waals surface area contributed by atoms with E-state index in [0.717, 1.165) is 29.8 Å². The number of benzene rings is 1. The zero-order valence-electron chi connectivity index (χ0n) is 17.7. The molecule has 2 aromatic heterocycles. The van der Waals surface area contributed by atoms with Gasteiger partial charge in [0.2, 0.25) is 0 Å². The Labute approximate surface area is 183 Å². The zero-order chi connectivity index (χ0) is 20.6. The molecule has 3 heterocycles. The second-order valence-electron chi connectivity index (χ2n) is 9.16. The van der Waals surface area contributed by atoms with Gasteiger partial charge in [-0.2, -0.15) is 5.10 Å². The number of phenolic OH excluding ortho intramolecular Hbond substituents is 1. The summed E-state index contributed by atoms with van der Waals surface area (Å²) in [5.41, 5.74) is 3.23. The van der Waals surface area contributed by atoms with Gasteiger partial charge >= 0.3 is 0 Å². The molecule has 4 N–H and O–H groups in total. The number of aromatic hydroxyl groups is 1. The maximum absolute atomic E-state index is 10.5. The van der Waals surface area contributed by atoms with Crippen LogP contribution in [0.5, 0.6) is 5.75 Å². The lowest BCUT2D eigenvalue weighted by molar-refractivity contribution is 0.170. The van der Waals surface area contributed by atoms with Crippen molar-refractivity contribution in [2.45, 2.75) is 57.7 Å². The highest BCUT2D eigenvalue weighted by Crippen LogP contribution is 2.33. The van der Waals surface area contributed by atoms with Crippen LogP contribution in [0.1, 0.15) is 40.5 Å². The molecule has 0 aliphatic carbocycles. The number of aromatic nitrogens is 4. The lowest BCUT2D eigenvalue weighted by Gasteiger charge is -2.46. The highest BCUT2D eigenvalue weighted by molar-refractivity contribution is 5.85. The first-order chi connectivity index (χ1) is 13.7. The van der Waals surface area contributed by atoms with E-state index in [0.29, 0.717) is 17.3 Å². The van der Waals surface area contributed by atoms with E-state index in [4.69, 9.17) is 0 Å². The van der Waals surface area contributed by atoms with Crippen molar-refractivity contribution in [3.63, 3.8) is 0 Å². The number of halogens is 1. The van der Waals surface area contributed by atoms with E-state index in [9.17, 15) is 5.11 Å². The summed E-state index contributed by atoms with van der Waals surface area (Å²) in [4.78, 5) is 0.